The Labute approximate surface area is 234 Å². The van der Waals surface area contributed by atoms with E-state index in [0.29, 0.717) is 19.3 Å². The molecule has 2 aromatic rings. The first kappa shape index (κ1) is 32.1. The van der Waals surface area contributed by atoms with Crippen molar-refractivity contribution >= 4 is 5.78 Å². The third-order valence-electron chi connectivity index (χ3n) is 7.60. The average Bonchev–Trinajstić information content (AvgIpc) is 3.32. The van der Waals surface area contributed by atoms with Gasteiger partial charge in [-0.2, -0.15) is 0 Å². The van der Waals surface area contributed by atoms with E-state index in [0.717, 1.165) is 34.4 Å². The van der Waals surface area contributed by atoms with Crippen LogP contribution in [0.4, 0.5) is 0 Å². The first-order chi connectivity index (χ1) is 18.9. The number of nitrogens with zero attached hydrogens (tertiary/aromatic N) is 1. The van der Waals surface area contributed by atoms with Crippen LogP contribution in [0.1, 0.15) is 73.9 Å². The Bertz CT molecular complexity index is 1110. The first-order valence-electron chi connectivity index (χ1n) is 13.8. The minimum Gasteiger partial charge on any atom is -0.443 e. The highest BCUT2D eigenvalue weighted by Gasteiger charge is 2.45. The van der Waals surface area contributed by atoms with Crippen LogP contribution in [-0.4, -0.2) is 97.1 Å². The molecule has 0 spiro atoms. The van der Waals surface area contributed by atoms with Gasteiger partial charge in [-0.3, -0.25) is 9.89 Å². The van der Waals surface area contributed by atoms with Crippen LogP contribution >= 0.6 is 0 Å². The molecule has 0 amide bonds. The van der Waals surface area contributed by atoms with Gasteiger partial charge in [-0.1, -0.05) is 39.0 Å². The summed E-state index contributed by atoms with van der Waals surface area (Å²) >= 11 is 0. The van der Waals surface area contributed by atoms with Gasteiger partial charge in [0.2, 0.25) is 12.2 Å². The van der Waals surface area contributed by atoms with Gasteiger partial charge in [-0.15, -0.1) is 5.10 Å². The van der Waals surface area contributed by atoms with Gasteiger partial charge in [0.25, 0.3) is 0 Å². The predicted molar refractivity (Wildman–Crippen MR) is 146 cm³/mol. The molecular formula is C29H44N2O9. The quantitative estimate of drug-likeness (QED) is 0.174. The third-order valence-corrected chi connectivity index (χ3v) is 7.60. The molecule has 0 radical (unpaired) electrons. The normalized spacial score (nSPS) is 23.5. The van der Waals surface area contributed by atoms with Crippen LogP contribution in [0.5, 0.6) is 5.88 Å². The SMILES string of the molecule is Cc1cc(CCCC(=O)CC(C)(CO)CO)ccc1Cc1c(O[C@@H]2O[C@H](CO)[C@@H](O)[C@H](O)[C@H]2O)n[nH]c1C(C)C. The summed E-state index contributed by atoms with van der Waals surface area (Å²) in [6.45, 7) is 6.69. The summed E-state index contributed by atoms with van der Waals surface area (Å²) < 4.78 is 11.4. The number of hydrogen-bond donors (Lipinski definition) is 7. The highest BCUT2D eigenvalue weighted by molar-refractivity contribution is 5.79. The Morgan fingerprint density at radius 1 is 1.12 bits per heavy atom. The number of aliphatic hydroxyl groups excluding tert-OH is 6. The second-order valence-electron chi connectivity index (χ2n) is 11.5. The van der Waals surface area contributed by atoms with E-state index < -0.39 is 42.7 Å². The number of nitrogens with one attached hydrogen (secondary N) is 1. The van der Waals surface area contributed by atoms with Gasteiger partial charge in [0.1, 0.15) is 30.2 Å². The maximum atomic E-state index is 12.3. The molecule has 11 heteroatoms. The molecule has 5 atom stereocenters. The molecular weight excluding hydrogens is 520 g/mol. The topological polar surface area (TPSA) is 186 Å². The number of ether oxygens (including phenoxy) is 2. The van der Waals surface area contributed by atoms with Crippen LogP contribution in [0.25, 0.3) is 0 Å². The van der Waals surface area contributed by atoms with Gasteiger partial charge in [-0.05, 0) is 42.4 Å². The third kappa shape index (κ3) is 7.67. The zero-order chi connectivity index (χ0) is 29.6. The molecule has 0 unspecified atom stereocenters. The number of benzene rings is 1. The van der Waals surface area contributed by atoms with Gasteiger partial charge in [-0.25, -0.2) is 0 Å². The number of H-pyrrole nitrogens is 1. The van der Waals surface area contributed by atoms with E-state index in [4.69, 9.17) is 9.47 Å². The van der Waals surface area contributed by atoms with Gasteiger partial charge >= 0.3 is 0 Å². The summed E-state index contributed by atoms with van der Waals surface area (Å²) in [5.41, 5.74) is 4.00. The van der Waals surface area contributed by atoms with Crippen LogP contribution in [0, 0.1) is 12.3 Å². The van der Waals surface area contributed by atoms with E-state index >= 15 is 0 Å². The lowest BCUT2D eigenvalue weighted by Crippen LogP contribution is -2.60. The molecule has 0 aliphatic carbocycles. The van der Waals surface area contributed by atoms with Crippen LogP contribution in [-0.2, 0) is 22.4 Å². The molecule has 0 bridgehead atoms. The van der Waals surface area contributed by atoms with Crippen molar-refractivity contribution in [2.24, 2.45) is 5.41 Å². The predicted octanol–water partition coefficient (Wildman–Crippen LogP) is 0.884. The highest BCUT2D eigenvalue weighted by Crippen LogP contribution is 2.32. The summed E-state index contributed by atoms with van der Waals surface area (Å²) in [7, 11) is 0. The minimum absolute atomic E-state index is 0.0204. The highest BCUT2D eigenvalue weighted by atomic mass is 16.7. The second kappa shape index (κ2) is 14.0. The van der Waals surface area contributed by atoms with Gasteiger partial charge in [0.05, 0.1) is 19.8 Å². The number of rotatable bonds is 14. The standard InChI is InChI=1S/C29H44N2O9/c1-16(2)23-21(27(31-30-23)40-28-26(38)25(37)24(36)22(13-32)39-28)11-19-9-8-18(10-17(19)3)6-5-7-20(35)12-29(4,14-33)15-34/h8-10,16,22,24-26,28,32-34,36-38H,5-7,11-15H2,1-4H3,(H,30,31)/t22-,24-,25+,26-,28+/m1/s1. The number of hydrogen-bond acceptors (Lipinski definition) is 10. The number of aromatic nitrogens is 2. The van der Waals surface area contributed by atoms with Gasteiger partial charge in [0.15, 0.2) is 0 Å². The molecule has 1 saturated heterocycles. The van der Waals surface area contributed by atoms with E-state index in [1.165, 1.54) is 0 Å². The Morgan fingerprint density at radius 2 is 1.82 bits per heavy atom. The van der Waals surface area contributed by atoms with Crippen LogP contribution in [0.2, 0.25) is 0 Å². The number of aryl methyl sites for hydroxylation is 2. The number of ketones is 1. The second-order valence-corrected chi connectivity index (χ2v) is 11.5. The number of Topliss-reactive ketones (excluding diaryl/α,β-unsaturated/α-hetero) is 1. The van der Waals surface area contributed by atoms with Crippen LogP contribution in [0.15, 0.2) is 18.2 Å². The van der Waals surface area contributed by atoms with Crippen molar-refractivity contribution in [2.75, 3.05) is 19.8 Å². The van der Waals surface area contributed by atoms with Gasteiger partial charge in [0, 0.05) is 35.9 Å². The zero-order valence-corrected chi connectivity index (χ0v) is 23.7. The summed E-state index contributed by atoms with van der Waals surface area (Å²) in [5.74, 6) is 0.310. The maximum absolute atomic E-state index is 12.3. The number of aliphatic hydroxyl groups is 6. The molecule has 1 aliphatic heterocycles. The summed E-state index contributed by atoms with van der Waals surface area (Å²) in [6, 6.07) is 6.13. The zero-order valence-electron chi connectivity index (χ0n) is 23.7. The van der Waals surface area contributed by atoms with Crippen molar-refractivity contribution in [3.05, 3.63) is 46.1 Å². The summed E-state index contributed by atoms with van der Waals surface area (Å²) in [6.07, 6.45) is -4.62. The first-order valence-corrected chi connectivity index (χ1v) is 13.8. The fourth-order valence-corrected chi connectivity index (χ4v) is 4.90. The molecule has 3 rings (SSSR count). The number of aromatic amines is 1. The van der Waals surface area contributed by atoms with E-state index in [1.807, 2.05) is 32.9 Å². The molecule has 40 heavy (non-hydrogen) atoms. The van der Waals surface area contributed by atoms with Crippen molar-refractivity contribution in [1.29, 1.82) is 0 Å². The fraction of sp³-hybridized carbons (Fsp3) is 0.655. The maximum Gasteiger partial charge on any atom is 0.238 e. The molecule has 2 heterocycles. The monoisotopic (exact) mass is 564 g/mol. The molecule has 224 valence electrons. The minimum atomic E-state index is -1.55. The van der Waals surface area contributed by atoms with Crippen molar-refractivity contribution in [3.63, 3.8) is 0 Å². The van der Waals surface area contributed by atoms with E-state index in [1.54, 1.807) is 6.92 Å². The van der Waals surface area contributed by atoms with Crippen LogP contribution < -0.4 is 4.74 Å². The van der Waals surface area contributed by atoms with Crippen molar-refractivity contribution < 1.29 is 44.9 Å². The average molecular weight is 565 g/mol. The van der Waals surface area contributed by atoms with E-state index in [2.05, 4.69) is 16.3 Å². The Kier molecular flexibility index (Phi) is 11.2. The van der Waals surface area contributed by atoms with Gasteiger partial charge < -0.3 is 40.1 Å². The molecule has 1 aromatic carbocycles. The number of carbonyl (C=O) groups excluding carboxylic acids is 1. The fourth-order valence-electron chi connectivity index (χ4n) is 4.90. The Hall–Kier alpha value is -2.38. The smallest absolute Gasteiger partial charge is 0.238 e. The number of carbonyl (C=O) groups is 1. The largest absolute Gasteiger partial charge is 0.443 e. The summed E-state index contributed by atoms with van der Waals surface area (Å²) in [5, 5.41) is 66.2. The van der Waals surface area contributed by atoms with Crippen LogP contribution in [0.3, 0.4) is 0 Å². The molecule has 1 aromatic heterocycles. The molecule has 0 saturated carbocycles. The lowest BCUT2D eigenvalue weighted by atomic mass is 9.85. The molecule has 1 aliphatic rings. The molecule has 11 nitrogen and oxygen atoms in total. The Morgan fingerprint density at radius 3 is 2.42 bits per heavy atom. The van der Waals surface area contributed by atoms with E-state index in [9.17, 15) is 35.4 Å². The molecule has 1 fully saturated rings. The Balaban J connectivity index is 1.70. The van der Waals surface area contributed by atoms with Crippen molar-refractivity contribution in [2.45, 2.75) is 96.4 Å². The molecule has 7 N–H and O–H groups in total. The lowest BCUT2D eigenvalue weighted by molar-refractivity contribution is -0.278. The van der Waals surface area contributed by atoms with E-state index in [-0.39, 0.29) is 37.2 Å². The van der Waals surface area contributed by atoms with Crippen molar-refractivity contribution in [1.82, 2.24) is 10.2 Å². The summed E-state index contributed by atoms with van der Waals surface area (Å²) in [4.78, 5) is 12.3. The van der Waals surface area contributed by atoms with Crippen molar-refractivity contribution in [3.8, 4) is 5.88 Å². The lowest BCUT2D eigenvalue weighted by Gasteiger charge is -2.39.